The van der Waals surface area contributed by atoms with E-state index in [0.717, 1.165) is 16.5 Å². The maximum atomic E-state index is 8.83. The second-order valence-electron chi connectivity index (χ2n) is 3.13. The summed E-state index contributed by atoms with van der Waals surface area (Å²) < 4.78 is 0. The van der Waals surface area contributed by atoms with E-state index in [9.17, 15) is 0 Å². The standard InChI is InChI=1S/C12H9N.C2H6/c1-9-6-10-4-2-3-5-11(10)7-12(9)8-13;1-2/h2-7H,1H3;1-2H3. The summed E-state index contributed by atoms with van der Waals surface area (Å²) in [7, 11) is 0. The molecule has 0 aliphatic rings. The fraction of sp³-hybridized carbons (Fsp3) is 0.214. The molecule has 2 aromatic carbocycles. The van der Waals surface area contributed by atoms with Crippen molar-refractivity contribution in [1.82, 2.24) is 0 Å². The topological polar surface area (TPSA) is 23.8 Å². The van der Waals surface area contributed by atoms with Crippen molar-refractivity contribution in [2.24, 2.45) is 0 Å². The van der Waals surface area contributed by atoms with Crippen LogP contribution in [0.2, 0.25) is 0 Å². The van der Waals surface area contributed by atoms with Crippen LogP contribution in [0.15, 0.2) is 36.4 Å². The van der Waals surface area contributed by atoms with Crippen LogP contribution in [0.5, 0.6) is 0 Å². The van der Waals surface area contributed by atoms with Crippen molar-refractivity contribution >= 4 is 10.8 Å². The van der Waals surface area contributed by atoms with Gasteiger partial charge in [-0.15, -0.1) is 0 Å². The summed E-state index contributed by atoms with van der Waals surface area (Å²) in [5.41, 5.74) is 1.81. The van der Waals surface area contributed by atoms with Crippen LogP contribution in [0, 0.1) is 18.3 Å². The number of benzene rings is 2. The number of nitrogens with zero attached hydrogens (tertiary/aromatic N) is 1. The Kier molecular flexibility index (Phi) is 3.88. The molecule has 0 unspecified atom stereocenters. The Bertz CT molecular complexity index is 492. The molecule has 76 valence electrons. The summed E-state index contributed by atoms with van der Waals surface area (Å²) in [6, 6.07) is 14.2. The number of fused-ring (bicyclic) bond motifs is 1. The van der Waals surface area contributed by atoms with E-state index in [1.54, 1.807) is 0 Å². The zero-order valence-electron chi connectivity index (χ0n) is 9.41. The van der Waals surface area contributed by atoms with Gasteiger partial charge in [0.1, 0.15) is 0 Å². The zero-order chi connectivity index (χ0) is 11.3. The third kappa shape index (κ3) is 2.35. The molecular weight excluding hydrogens is 182 g/mol. The fourth-order valence-corrected chi connectivity index (χ4v) is 1.47. The van der Waals surface area contributed by atoms with E-state index in [1.807, 2.05) is 51.1 Å². The van der Waals surface area contributed by atoms with Gasteiger partial charge in [0.2, 0.25) is 0 Å². The van der Waals surface area contributed by atoms with Gasteiger partial charge in [0.05, 0.1) is 11.6 Å². The van der Waals surface area contributed by atoms with Crippen molar-refractivity contribution < 1.29 is 0 Å². The quantitative estimate of drug-likeness (QED) is 0.625. The highest BCUT2D eigenvalue weighted by atomic mass is 14.2. The smallest absolute Gasteiger partial charge is 0.0994 e. The van der Waals surface area contributed by atoms with Crippen LogP contribution >= 0.6 is 0 Å². The van der Waals surface area contributed by atoms with Crippen LogP contribution in [0.25, 0.3) is 10.8 Å². The average molecular weight is 197 g/mol. The highest BCUT2D eigenvalue weighted by molar-refractivity contribution is 5.84. The molecule has 0 aromatic heterocycles. The van der Waals surface area contributed by atoms with Gasteiger partial charge in [-0.2, -0.15) is 5.26 Å². The van der Waals surface area contributed by atoms with Crippen LogP contribution in [-0.4, -0.2) is 0 Å². The number of rotatable bonds is 0. The van der Waals surface area contributed by atoms with Crippen molar-refractivity contribution in [3.05, 3.63) is 47.5 Å². The minimum Gasteiger partial charge on any atom is -0.192 e. The average Bonchev–Trinajstić information content (AvgIpc) is 2.31. The zero-order valence-corrected chi connectivity index (χ0v) is 9.41. The highest BCUT2D eigenvalue weighted by Gasteiger charge is 1.98. The lowest BCUT2D eigenvalue weighted by Gasteiger charge is -2.00. The Labute approximate surface area is 91.0 Å². The van der Waals surface area contributed by atoms with Gasteiger partial charge in [-0.3, -0.25) is 0 Å². The monoisotopic (exact) mass is 197 g/mol. The van der Waals surface area contributed by atoms with Crippen LogP contribution in [0.4, 0.5) is 0 Å². The Morgan fingerprint density at radius 1 is 1.00 bits per heavy atom. The molecule has 0 aliphatic carbocycles. The molecule has 0 atom stereocenters. The predicted octanol–water partition coefficient (Wildman–Crippen LogP) is 4.05. The van der Waals surface area contributed by atoms with Gasteiger partial charge >= 0.3 is 0 Å². The molecule has 0 saturated carbocycles. The van der Waals surface area contributed by atoms with E-state index in [0.29, 0.717) is 0 Å². The molecular formula is C14H15N. The molecule has 1 nitrogen and oxygen atoms in total. The van der Waals surface area contributed by atoms with Crippen molar-refractivity contribution in [1.29, 1.82) is 5.26 Å². The van der Waals surface area contributed by atoms with E-state index in [4.69, 9.17) is 5.26 Å². The molecule has 0 heterocycles. The third-order valence-corrected chi connectivity index (χ3v) is 2.21. The lowest BCUT2D eigenvalue weighted by atomic mass is 10.0. The van der Waals surface area contributed by atoms with E-state index >= 15 is 0 Å². The maximum Gasteiger partial charge on any atom is 0.0994 e. The normalized spacial score (nSPS) is 8.93. The summed E-state index contributed by atoms with van der Waals surface area (Å²) in [5, 5.41) is 11.2. The molecule has 0 fully saturated rings. The Balaban J connectivity index is 0.000000531. The van der Waals surface area contributed by atoms with Gasteiger partial charge in [0.25, 0.3) is 0 Å². The predicted molar refractivity (Wildman–Crippen MR) is 64.7 cm³/mol. The molecule has 0 saturated heterocycles. The van der Waals surface area contributed by atoms with Gasteiger partial charge in [-0.25, -0.2) is 0 Å². The second-order valence-corrected chi connectivity index (χ2v) is 3.13. The molecule has 2 aromatic rings. The van der Waals surface area contributed by atoms with Gasteiger partial charge in [0, 0.05) is 0 Å². The first-order chi connectivity index (χ1) is 7.31. The number of aryl methyl sites for hydroxylation is 1. The van der Waals surface area contributed by atoms with Gasteiger partial charge in [0.15, 0.2) is 0 Å². The number of hydrogen-bond donors (Lipinski definition) is 0. The van der Waals surface area contributed by atoms with Crippen LogP contribution in [-0.2, 0) is 0 Å². The second kappa shape index (κ2) is 5.17. The Morgan fingerprint density at radius 3 is 2.07 bits per heavy atom. The molecule has 0 aliphatic heterocycles. The van der Waals surface area contributed by atoms with Crippen molar-refractivity contribution in [3.8, 4) is 6.07 Å². The van der Waals surface area contributed by atoms with Gasteiger partial charge in [-0.1, -0.05) is 44.2 Å². The van der Waals surface area contributed by atoms with Crippen molar-refractivity contribution in [2.45, 2.75) is 20.8 Å². The summed E-state index contributed by atoms with van der Waals surface area (Å²) in [6.07, 6.45) is 0. The molecule has 0 N–H and O–H groups in total. The highest BCUT2D eigenvalue weighted by Crippen LogP contribution is 2.18. The first kappa shape index (κ1) is 11.3. The molecule has 2 rings (SSSR count). The lowest BCUT2D eigenvalue weighted by Crippen LogP contribution is -1.82. The van der Waals surface area contributed by atoms with Gasteiger partial charge < -0.3 is 0 Å². The number of hydrogen-bond acceptors (Lipinski definition) is 1. The lowest BCUT2D eigenvalue weighted by molar-refractivity contribution is 1.42. The van der Waals surface area contributed by atoms with Crippen molar-refractivity contribution in [2.75, 3.05) is 0 Å². The van der Waals surface area contributed by atoms with E-state index in [-0.39, 0.29) is 0 Å². The molecule has 0 spiro atoms. The molecule has 15 heavy (non-hydrogen) atoms. The fourth-order valence-electron chi connectivity index (χ4n) is 1.47. The van der Waals surface area contributed by atoms with Gasteiger partial charge in [-0.05, 0) is 29.3 Å². The minimum atomic E-state index is 0.763. The van der Waals surface area contributed by atoms with E-state index < -0.39 is 0 Å². The third-order valence-electron chi connectivity index (χ3n) is 2.21. The van der Waals surface area contributed by atoms with Crippen molar-refractivity contribution in [3.63, 3.8) is 0 Å². The van der Waals surface area contributed by atoms with E-state index in [1.165, 1.54) is 5.39 Å². The minimum absolute atomic E-state index is 0.763. The van der Waals surface area contributed by atoms with E-state index in [2.05, 4.69) is 12.1 Å². The largest absolute Gasteiger partial charge is 0.192 e. The molecule has 0 amide bonds. The van der Waals surface area contributed by atoms with Crippen LogP contribution in [0.1, 0.15) is 25.0 Å². The summed E-state index contributed by atoms with van der Waals surface area (Å²) in [6.45, 7) is 5.96. The van der Waals surface area contributed by atoms with Crippen LogP contribution in [0.3, 0.4) is 0 Å². The maximum absolute atomic E-state index is 8.83. The SMILES string of the molecule is CC.Cc1cc2ccccc2cc1C#N. The summed E-state index contributed by atoms with van der Waals surface area (Å²) in [4.78, 5) is 0. The van der Waals surface area contributed by atoms with Crippen LogP contribution < -0.4 is 0 Å². The Morgan fingerprint density at radius 2 is 1.53 bits per heavy atom. The summed E-state index contributed by atoms with van der Waals surface area (Å²) in [5.74, 6) is 0. The molecule has 1 heteroatoms. The number of nitriles is 1. The first-order valence-corrected chi connectivity index (χ1v) is 5.21. The first-order valence-electron chi connectivity index (χ1n) is 5.21. The molecule has 0 bridgehead atoms. The Hall–Kier alpha value is -1.81. The molecule has 0 radical (unpaired) electrons. The summed E-state index contributed by atoms with van der Waals surface area (Å²) >= 11 is 0.